The fourth-order valence-corrected chi connectivity index (χ4v) is 3.03. The van der Waals surface area contributed by atoms with E-state index in [0.29, 0.717) is 23.4 Å². The zero-order valence-corrected chi connectivity index (χ0v) is 13.6. The van der Waals surface area contributed by atoms with Crippen LogP contribution in [0.15, 0.2) is 24.5 Å². The van der Waals surface area contributed by atoms with Crippen molar-refractivity contribution in [3.8, 4) is 0 Å². The van der Waals surface area contributed by atoms with Gasteiger partial charge < -0.3 is 5.32 Å². The summed E-state index contributed by atoms with van der Waals surface area (Å²) in [7, 11) is 0. The number of hydrogen-bond donors (Lipinski definition) is 1. The van der Waals surface area contributed by atoms with Gasteiger partial charge >= 0.3 is 0 Å². The molecule has 2 unspecified atom stereocenters. The molecular weight excluding hydrogens is 246 g/mol. The maximum absolute atomic E-state index is 4.12. The normalized spacial score (nSPS) is 25.1. The molecule has 1 saturated heterocycles. The number of aromatic nitrogens is 1. The predicted molar refractivity (Wildman–Crippen MR) is 84.5 cm³/mol. The van der Waals surface area contributed by atoms with Gasteiger partial charge in [0, 0.05) is 44.1 Å². The first kappa shape index (κ1) is 15.5. The summed E-state index contributed by atoms with van der Waals surface area (Å²) in [6.07, 6.45) is 3.78. The van der Waals surface area contributed by atoms with Crippen molar-refractivity contribution in [2.45, 2.75) is 53.2 Å². The molecular formula is C17H29N3. The van der Waals surface area contributed by atoms with Gasteiger partial charge in [0.2, 0.25) is 0 Å². The molecule has 1 aliphatic heterocycles. The number of rotatable bonds is 3. The third-order valence-electron chi connectivity index (χ3n) is 4.38. The number of nitrogens with one attached hydrogen (secondary N) is 1. The molecule has 0 aromatic carbocycles. The van der Waals surface area contributed by atoms with Gasteiger partial charge in [-0.25, -0.2) is 0 Å². The first-order chi connectivity index (χ1) is 9.38. The van der Waals surface area contributed by atoms with E-state index in [9.17, 15) is 0 Å². The summed E-state index contributed by atoms with van der Waals surface area (Å²) in [6, 6.07) is 5.43. The second kappa shape index (κ2) is 6.23. The Morgan fingerprint density at radius 3 is 2.50 bits per heavy atom. The van der Waals surface area contributed by atoms with Gasteiger partial charge in [-0.05, 0) is 29.0 Å². The van der Waals surface area contributed by atoms with Crippen molar-refractivity contribution in [2.75, 3.05) is 13.1 Å². The van der Waals surface area contributed by atoms with Gasteiger partial charge in [0.1, 0.15) is 0 Å². The minimum Gasteiger partial charge on any atom is -0.311 e. The van der Waals surface area contributed by atoms with Crippen LogP contribution in [0.2, 0.25) is 0 Å². The molecule has 1 aromatic heterocycles. The molecule has 2 atom stereocenters. The highest BCUT2D eigenvalue weighted by atomic mass is 15.2. The van der Waals surface area contributed by atoms with Crippen molar-refractivity contribution in [1.29, 1.82) is 0 Å². The predicted octanol–water partition coefficient (Wildman–Crippen LogP) is 2.93. The summed E-state index contributed by atoms with van der Waals surface area (Å²) in [6.45, 7) is 14.9. The molecule has 1 aromatic rings. The molecule has 2 heterocycles. The largest absolute Gasteiger partial charge is 0.311 e. The molecule has 3 heteroatoms. The minimum absolute atomic E-state index is 0.294. The Bertz CT molecular complexity index is 408. The van der Waals surface area contributed by atoms with E-state index in [4.69, 9.17) is 0 Å². The highest BCUT2D eigenvalue weighted by molar-refractivity contribution is 5.10. The zero-order valence-electron chi connectivity index (χ0n) is 13.6. The molecule has 20 heavy (non-hydrogen) atoms. The van der Waals surface area contributed by atoms with Gasteiger partial charge in [0.15, 0.2) is 0 Å². The first-order valence-corrected chi connectivity index (χ1v) is 7.74. The van der Waals surface area contributed by atoms with Crippen molar-refractivity contribution >= 4 is 0 Å². The molecule has 0 saturated carbocycles. The van der Waals surface area contributed by atoms with Crippen molar-refractivity contribution in [3.05, 3.63) is 30.1 Å². The van der Waals surface area contributed by atoms with Gasteiger partial charge in [-0.3, -0.25) is 9.88 Å². The second-order valence-corrected chi connectivity index (χ2v) is 7.43. The molecule has 1 aliphatic rings. The molecule has 0 aliphatic carbocycles. The number of pyridine rings is 1. The second-order valence-electron chi connectivity index (χ2n) is 7.43. The molecule has 0 spiro atoms. The molecule has 0 bridgehead atoms. The lowest BCUT2D eigenvalue weighted by molar-refractivity contribution is 0.0400. The quantitative estimate of drug-likeness (QED) is 0.919. The Morgan fingerprint density at radius 1 is 1.30 bits per heavy atom. The first-order valence-electron chi connectivity index (χ1n) is 7.74. The van der Waals surface area contributed by atoms with Crippen LogP contribution in [-0.2, 0) is 6.54 Å². The van der Waals surface area contributed by atoms with E-state index in [1.54, 1.807) is 0 Å². The summed E-state index contributed by atoms with van der Waals surface area (Å²) in [4.78, 5) is 6.77. The van der Waals surface area contributed by atoms with E-state index in [0.717, 1.165) is 19.6 Å². The molecule has 3 nitrogen and oxygen atoms in total. The van der Waals surface area contributed by atoms with Gasteiger partial charge in [-0.1, -0.05) is 34.6 Å². The standard InChI is InChI=1S/C17H29N3/c1-13(2)15-12-20(11-14-6-8-18-9-7-14)16(10-19-15)17(3,4)5/h6-9,13,15-16,19H,10-12H2,1-5H3. The van der Waals surface area contributed by atoms with E-state index in [1.807, 2.05) is 12.4 Å². The molecule has 0 radical (unpaired) electrons. The topological polar surface area (TPSA) is 28.2 Å². The Kier molecular flexibility index (Phi) is 4.82. The molecule has 2 rings (SSSR count). The van der Waals surface area contributed by atoms with Crippen LogP contribution in [0.4, 0.5) is 0 Å². The molecule has 1 N–H and O–H groups in total. The molecule has 1 fully saturated rings. The fourth-order valence-electron chi connectivity index (χ4n) is 3.03. The lowest BCUT2D eigenvalue weighted by Crippen LogP contribution is -2.61. The third-order valence-corrected chi connectivity index (χ3v) is 4.38. The van der Waals surface area contributed by atoms with Gasteiger partial charge in [0.05, 0.1) is 0 Å². The average Bonchev–Trinajstić information content (AvgIpc) is 2.38. The van der Waals surface area contributed by atoms with E-state index in [1.165, 1.54) is 5.56 Å². The van der Waals surface area contributed by atoms with Gasteiger partial charge in [-0.15, -0.1) is 0 Å². The monoisotopic (exact) mass is 275 g/mol. The van der Waals surface area contributed by atoms with E-state index < -0.39 is 0 Å². The number of piperazine rings is 1. The Morgan fingerprint density at radius 2 is 1.95 bits per heavy atom. The average molecular weight is 275 g/mol. The van der Waals surface area contributed by atoms with Gasteiger partial charge in [0.25, 0.3) is 0 Å². The summed E-state index contributed by atoms with van der Waals surface area (Å²) in [5.41, 5.74) is 1.65. The van der Waals surface area contributed by atoms with Crippen LogP contribution in [0.3, 0.4) is 0 Å². The fraction of sp³-hybridized carbons (Fsp3) is 0.706. The molecule has 0 amide bonds. The van der Waals surface area contributed by atoms with E-state index >= 15 is 0 Å². The van der Waals surface area contributed by atoms with Crippen LogP contribution in [-0.4, -0.2) is 35.1 Å². The van der Waals surface area contributed by atoms with Crippen LogP contribution < -0.4 is 5.32 Å². The van der Waals surface area contributed by atoms with E-state index in [2.05, 4.69) is 62.0 Å². The van der Waals surface area contributed by atoms with Crippen LogP contribution >= 0.6 is 0 Å². The van der Waals surface area contributed by atoms with Crippen LogP contribution in [0.1, 0.15) is 40.2 Å². The van der Waals surface area contributed by atoms with Crippen LogP contribution in [0, 0.1) is 11.3 Å². The smallest absolute Gasteiger partial charge is 0.0273 e. The van der Waals surface area contributed by atoms with Gasteiger partial charge in [-0.2, -0.15) is 0 Å². The SMILES string of the molecule is CC(C)C1CN(Cc2ccncc2)C(C(C)(C)C)CN1. The molecule has 112 valence electrons. The Hall–Kier alpha value is -0.930. The van der Waals surface area contributed by atoms with Crippen molar-refractivity contribution in [1.82, 2.24) is 15.2 Å². The maximum Gasteiger partial charge on any atom is 0.0273 e. The van der Waals surface area contributed by atoms with Crippen molar-refractivity contribution < 1.29 is 0 Å². The minimum atomic E-state index is 0.294. The zero-order chi connectivity index (χ0) is 14.8. The van der Waals surface area contributed by atoms with Crippen LogP contribution in [0.25, 0.3) is 0 Å². The lowest BCUT2D eigenvalue weighted by atomic mass is 9.83. The van der Waals surface area contributed by atoms with Crippen molar-refractivity contribution in [2.24, 2.45) is 11.3 Å². The summed E-state index contributed by atoms with van der Waals surface area (Å²) in [5, 5.41) is 3.74. The number of hydrogen-bond acceptors (Lipinski definition) is 3. The summed E-state index contributed by atoms with van der Waals surface area (Å²) >= 11 is 0. The lowest BCUT2D eigenvalue weighted by Gasteiger charge is -2.47. The van der Waals surface area contributed by atoms with Crippen molar-refractivity contribution in [3.63, 3.8) is 0 Å². The highest BCUT2D eigenvalue weighted by Gasteiger charge is 2.36. The number of nitrogens with zero attached hydrogens (tertiary/aromatic N) is 2. The maximum atomic E-state index is 4.12. The highest BCUT2D eigenvalue weighted by Crippen LogP contribution is 2.28. The Balaban J connectivity index is 2.13. The summed E-state index contributed by atoms with van der Waals surface area (Å²) in [5.74, 6) is 0.677. The third kappa shape index (κ3) is 3.80. The van der Waals surface area contributed by atoms with E-state index in [-0.39, 0.29) is 0 Å². The van der Waals surface area contributed by atoms with Crippen LogP contribution in [0.5, 0.6) is 0 Å². The Labute approximate surface area is 123 Å². The summed E-state index contributed by atoms with van der Waals surface area (Å²) < 4.78 is 0.